The predicted molar refractivity (Wildman–Crippen MR) is 82.1 cm³/mol. The largest absolute Gasteiger partial charge is 0.416 e. The molecule has 3 aromatic rings. The van der Waals surface area contributed by atoms with E-state index >= 15 is 0 Å². The summed E-state index contributed by atoms with van der Waals surface area (Å²) in [6, 6.07) is 12.6. The first-order valence-electron chi connectivity index (χ1n) is 6.91. The molecule has 118 valence electrons. The number of fused-ring (bicyclic) bond motifs is 1. The molecular weight excluding hydrogens is 305 g/mol. The van der Waals surface area contributed by atoms with E-state index in [0.717, 1.165) is 28.6 Å². The SMILES string of the molecule is FC(F)(F)c1ccc(CO/N=C/c2c[nH]c3ccccc23)cc1. The average Bonchev–Trinajstić information content (AvgIpc) is 2.94. The number of alkyl halides is 3. The van der Waals surface area contributed by atoms with Crippen molar-refractivity contribution in [1.82, 2.24) is 4.98 Å². The van der Waals surface area contributed by atoms with Gasteiger partial charge < -0.3 is 9.82 Å². The van der Waals surface area contributed by atoms with E-state index in [2.05, 4.69) is 10.1 Å². The number of H-pyrrole nitrogens is 1. The van der Waals surface area contributed by atoms with Crippen molar-refractivity contribution in [1.29, 1.82) is 0 Å². The summed E-state index contributed by atoms with van der Waals surface area (Å²) in [4.78, 5) is 8.26. The Hall–Kier alpha value is -2.76. The number of nitrogens with one attached hydrogen (secondary N) is 1. The minimum Gasteiger partial charge on any atom is -0.391 e. The van der Waals surface area contributed by atoms with Crippen LogP contribution < -0.4 is 0 Å². The lowest BCUT2D eigenvalue weighted by atomic mass is 10.1. The number of aromatic amines is 1. The molecule has 6 heteroatoms. The molecular formula is C17H13F3N2O. The van der Waals surface area contributed by atoms with Crippen LogP contribution in [0.2, 0.25) is 0 Å². The highest BCUT2D eigenvalue weighted by atomic mass is 19.4. The van der Waals surface area contributed by atoms with Crippen LogP contribution >= 0.6 is 0 Å². The van der Waals surface area contributed by atoms with Gasteiger partial charge in [-0.3, -0.25) is 0 Å². The predicted octanol–water partition coefficient (Wildman–Crippen LogP) is 4.74. The number of hydrogen-bond donors (Lipinski definition) is 1. The fraction of sp³-hybridized carbons (Fsp3) is 0.118. The highest BCUT2D eigenvalue weighted by Gasteiger charge is 2.29. The van der Waals surface area contributed by atoms with E-state index in [1.807, 2.05) is 30.5 Å². The number of halogens is 3. The molecule has 23 heavy (non-hydrogen) atoms. The maximum Gasteiger partial charge on any atom is 0.416 e. The summed E-state index contributed by atoms with van der Waals surface area (Å²) < 4.78 is 37.4. The van der Waals surface area contributed by atoms with Crippen molar-refractivity contribution in [2.24, 2.45) is 5.16 Å². The van der Waals surface area contributed by atoms with Gasteiger partial charge in [-0.05, 0) is 23.8 Å². The van der Waals surface area contributed by atoms with E-state index in [0.29, 0.717) is 5.56 Å². The topological polar surface area (TPSA) is 37.4 Å². The van der Waals surface area contributed by atoms with Gasteiger partial charge in [-0.15, -0.1) is 0 Å². The molecule has 0 bridgehead atoms. The van der Waals surface area contributed by atoms with E-state index in [1.54, 1.807) is 6.21 Å². The molecule has 0 spiro atoms. The smallest absolute Gasteiger partial charge is 0.391 e. The first-order valence-corrected chi connectivity index (χ1v) is 6.91. The van der Waals surface area contributed by atoms with Crippen molar-refractivity contribution in [3.8, 4) is 0 Å². The molecule has 0 aliphatic heterocycles. The van der Waals surface area contributed by atoms with E-state index in [-0.39, 0.29) is 6.61 Å². The van der Waals surface area contributed by atoms with Crippen molar-refractivity contribution in [3.05, 3.63) is 71.4 Å². The van der Waals surface area contributed by atoms with Gasteiger partial charge in [0.2, 0.25) is 0 Å². The molecule has 0 radical (unpaired) electrons. The molecule has 2 aromatic carbocycles. The summed E-state index contributed by atoms with van der Waals surface area (Å²) in [5, 5.41) is 4.89. The zero-order valence-electron chi connectivity index (χ0n) is 12.0. The third-order valence-corrected chi connectivity index (χ3v) is 3.40. The van der Waals surface area contributed by atoms with Crippen LogP contribution in [-0.4, -0.2) is 11.2 Å². The summed E-state index contributed by atoms with van der Waals surface area (Å²) in [7, 11) is 0. The number of oxime groups is 1. The van der Waals surface area contributed by atoms with Gasteiger partial charge in [-0.2, -0.15) is 13.2 Å². The molecule has 0 aliphatic rings. The number of aromatic nitrogens is 1. The lowest BCUT2D eigenvalue weighted by Gasteiger charge is -2.06. The van der Waals surface area contributed by atoms with E-state index < -0.39 is 11.7 Å². The molecule has 0 aliphatic carbocycles. The average molecular weight is 318 g/mol. The zero-order valence-corrected chi connectivity index (χ0v) is 12.0. The Bertz CT molecular complexity index is 820. The molecule has 3 nitrogen and oxygen atoms in total. The summed E-state index contributed by atoms with van der Waals surface area (Å²) in [5.74, 6) is 0. The van der Waals surface area contributed by atoms with Gasteiger partial charge in [0.25, 0.3) is 0 Å². The molecule has 0 amide bonds. The maximum absolute atomic E-state index is 12.5. The van der Waals surface area contributed by atoms with Gasteiger partial charge in [-0.1, -0.05) is 35.5 Å². The molecule has 0 atom stereocenters. The van der Waals surface area contributed by atoms with Gasteiger partial charge in [0, 0.05) is 22.7 Å². The zero-order chi connectivity index (χ0) is 16.3. The number of para-hydroxylation sites is 1. The Morgan fingerprint density at radius 2 is 1.78 bits per heavy atom. The number of hydrogen-bond acceptors (Lipinski definition) is 2. The first kappa shape index (κ1) is 15.1. The standard InChI is InChI=1S/C17H13F3N2O/c18-17(19,20)14-7-5-12(6-8-14)11-23-22-10-13-9-21-16-4-2-1-3-15(13)16/h1-10,21H,11H2/b22-10+. The number of rotatable bonds is 4. The third kappa shape index (κ3) is 3.53. The van der Waals surface area contributed by atoms with Crippen molar-refractivity contribution < 1.29 is 18.0 Å². The number of benzene rings is 2. The normalized spacial score (nSPS) is 12.1. The van der Waals surface area contributed by atoms with Crippen LogP contribution in [0.15, 0.2) is 59.9 Å². The highest BCUT2D eigenvalue weighted by Crippen LogP contribution is 2.29. The van der Waals surface area contributed by atoms with Gasteiger partial charge in [-0.25, -0.2) is 0 Å². The molecule has 1 N–H and O–H groups in total. The van der Waals surface area contributed by atoms with Crippen molar-refractivity contribution in [2.45, 2.75) is 12.8 Å². The van der Waals surface area contributed by atoms with Crippen LogP contribution in [0.4, 0.5) is 13.2 Å². The van der Waals surface area contributed by atoms with Crippen LogP contribution in [0, 0.1) is 0 Å². The minimum absolute atomic E-state index is 0.108. The van der Waals surface area contributed by atoms with E-state index in [1.165, 1.54) is 12.1 Å². The minimum atomic E-state index is -4.33. The van der Waals surface area contributed by atoms with Gasteiger partial charge in [0.05, 0.1) is 11.8 Å². The quantitative estimate of drug-likeness (QED) is 0.547. The Morgan fingerprint density at radius 1 is 1.04 bits per heavy atom. The summed E-state index contributed by atoms with van der Waals surface area (Å²) >= 11 is 0. The Labute approximate surface area is 130 Å². The van der Waals surface area contributed by atoms with E-state index in [4.69, 9.17) is 4.84 Å². The lowest BCUT2D eigenvalue weighted by molar-refractivity contribution is -0.137. The first-order chi connectivity index (χ1) is 11.0. The van der Waals surface area contributed by atoms with Crippen LogP contribution in [0.1, 0.15) is 16.7 Å². The summed E-state index contributed by atoms with van der Waals surface area (Å²) in [6.45, 7) is 0.108. The molecule has 0 saturated carbocycles. The Morgan fingerprint density at radius 3 is 2.52 bits per heavy atom. The second kappa shape index (κ2) is 6.16. The van der Waals surface area contributed by atoms with Gasteiger partial charge in [0.1, 0.15) is 6.61 Å². The second-order valence-electron chi connectivity index (χ2n) is 4.99. The summed E-state index contributed by atoms with van der Waals surface area (Å²) in [6.07, 6.45) is -0.939. The van der Waals surface area contributed by atoms with Crippen molar-refractivity contribution >= 4 is 17.1 Å². The van der Waals surface area contributed by atoms with Gasteiger partial charge in [0.15, 0.2) is 0 Å². The second-order valence-corrected chi connectivity index (χ2v) is 4.99. The van der Waals surface area contributed by atoms with Crippen LogP contribution in [0.3, 0.4) is 0 Å². The van der Waals surface area contributed by atoms with Crippen LogP contribution in [0.5, 0.6) is 0 Å². The molecule has 3 rings (SSSR count). The van der Waals surface area contributed by atoms with E-state index in [9.17, 15) is 13.2 Å². The number of nitrogens with zero attached hydrogens (tertiary/aromatic N) is 1. The van der Waals surface area contributed by atoms with Crippen LogP contribution in [0.25, 0.3) is 10.9 Å². The summed E-state index contributed by atoms with van der Waals surface area (Å²) in [5.41, 5.74) is 1.82. The maximum atomic E-state index is 12.5. The fourth-order valence-electron chi connectivity index (χ4n) is 2.20. The third-order valence-electron chi connectivity index (χ3n) is 3.40. The highest BCUT2D eigenvalue weighted by molar-refractivity contribution is 5.98. The molecule has 1 heterocycles. The monoisotopic (exact) mass is 318 g/mol. The molecule has 1 aromatic heterocycles. The Balaban J connectivity index is 1.61. The fourth-order valence-corrected chi connectivity index (χ4v) is 2.20. The molecule has 0 unspecified atom stereocenters. The van der Waals surface area contributed by atoms with Crippen LogP contribution in [-0.2, 0) is 17.6 Å². The van der Waals surface area contributed by atoms with Crippen molar-refractivity contribution in [3.63, 3.8) is 0 Å². The lowest BCUT2D eigenvalue weighted by Crippen LogP contribution is -2.04. The Kier molecular flexibility index (Phi) is 4.06. The van der Waals surface area contributed by atoms with Crippen molar-refractivity contribution in [2.75, 3.05) is 0 Å². The molecule has 0 fully saturated rings. The van der Waals surface area contributed by atoms with Gasteiger partial charge >= 0.3 is 6.18 Å². The molecule has 0 saturated heterocycles.